The summed E-state index contributed by atoms with van der Waals surface area (Å²) in [6.45, 7) is 10.1. The summed E-state index contributed by atoms with van der Waals surface area (Å²) in [4.78, 5) is 17.9. The third kappa shape index (κ3) is 6.67. The third-order valence-corrected chi connectivity index (χ3v) is 4.82. The van der Waals surface area contributed by atoms with E-state index in [1.165, 1.54) is 11.1 Å². The van der Waals surface area contributed by atoms with Crippen LogP contribution in [0.2, 0.25) is 0 Å². The number of carbonyl (C=O) groups is 1. The predicted octanol–water partition coefficient (Wildman–Crippen LogP) is 1.60. The molecule has 26 heavy (non-hydrogen) atoms. The van der Waals surface area contributed by atoms with Crippen LogP contribution in [0.1, 0.15) is 43.7 Å². The second kappa shape index (κ2) is 10.2. The second-order valence-electron chi connectivity index (χ2n) is 7.19. The summed E-state index contributed by atoms with van der Waals surface area (Å²) in [6.07, 6.45) is 1.98. The molecule has 144 valence electrons. The quantitative estimate of drug-likeness (QED) is 0.510. The summed E-state index contributed by atoms with van der Waals surface area (Å²) in [6, 6.07) is 9.05. The molecule has 1 amide bonds. The van der Waals surface area contributed by atoms with Crippen molar-refractivity contribution in [1.29, 1.82) is 0 Å². The van der Waals surface area contributed by atoms with E-state index in [0.29, 0.717) is 18.5 Å². The molecule has 0 aromatic heterocycles. The lowest BCUT2D eigenvalue weighted by molar-refractivity contribution is -0.119. The van der Waals surface area contributed by atoms with Gasteiger partial charge in [-0.1, -0.05) is 36.8 Å². The minimum atomic E-state index is -0.253. The van der Waals surface area contributed by atoms with Crippen molar-refractivity contribution in [3.05, 3.63) is 35.4 Å². The zero-order valence-electron chi connectivity index (χ0n) is 16.3. The molecule has 1 aliphatic heterocycles. The van der Waals surface area contributed by atoms with Crippen LogP contribution in [0.15, 0.2) is 29.3 Å². The van der Waals surface area contributed by atoms with Crippen molar-refractivity contribution in [3.63, 3.8) is 0 Å². The van der Waals surface area contributed by atoms with Gasteiger partial charge >= 0.3 is 0 Å². The summed E-state index contributed by atoms with van der Waals surface area (Å²) < 4.78 is 0. The van der Waals surface area contributed by atoms with E-state index in [1.807, 2.05) is 0 Å². The van der Waals surface area contributed by atoms with Gasteiger partial charge in [-0.15, -0.1) is 0 Å². The summed E-state index contributed by atoms with van der Waals surface area (Å²) in [5.41, 5.74) is 7.87. The Morgan fingerprint density at radius 3 is 2.54 bits per heavy atom. The van der Waals surface area contributed by atoms with Crippen LogP contribution >= 0.6 is 0 Å². The van der Waals surface area contributed by atoms with Gasteiger partial charge in [-0.25, -0.2) is 0 Å². The highest BCUT2D eigenvalue weighted by molar-refractivity contribution is 5.80. The van der Waals surface area contributed by atoms with Crippen molar-refractivity contribution in [1.82, 2.24) is 15.5 Å². The second-order valence-corrected chi connectivity index (χ2v) is 7.19. The molecule has 1 fully saturated rings. The maximum Gasteiger partial charge on any atom is 0.231 e. The third-order valence-electron chi connectivity index (χ3n) is 4.82. The number of carbonyl (C=O) groups excluding carboxylic acids is 1. The lowest BCUT2D eigenvalue weighted by Crippen LogP contribution is -2.49. The van der Waals surface area contributed by atoms with Crippen molar-refractivity contribution in [2.45, 2.75) is 45.6 Å². The van der Waals surface area contributed by atoms with Crippen molar-refractivity contribution in [2.75, 3.05) is 32.7 Å². The molecule has 1 saturated heterocycles. The van der Waals surface area contributed by atoms with E-state index in [4.69, 9.17) is 10.7 Å². The number of primary amides is 1. The molecule has 1 aromatic rings. The Hall–Kier alpha value is -2.08. The highest BCUT2D eigenvalue weighted by Gasteiger charge is 2.20. The first kappa shape index (κ1) is 20.2. The fourth-order valence-corrected chi connectivity index (χ4v) is 3.20. The van der Waals surface area contributed by atoms with Crippen LogP contribution in [0.5, 0.6) is 0 Å². The zero-order valence-corrected chi connectivity index (χ0v) is 16.3. The Morgan fingerprint density at radius 2 is 1.96 bits per heavy atom. The lowest BCUT2D eigenvalue weighted by atomic mass is 10.0. The number of nitrogens with zero attached hydrogens (tertiary/aromatic N) is 2. The molecule has 1 heterocycles. The van der Waals surface area contributed by atoms with Gasteiger partial charge in [0.1, 0.15) is 0 Å². The molecule has 0 radical (unpaired) electrons. The van der Waals surface area contributed by atoms with Gasteiger partial charge in [-0.05, 0) is 32.3 Å². The number of hydrogen-bond donors (Lipinski definition) is 3. The highest BCUT2D eigenvalue weighted by Crippen LogP contribution is 2.16. The number of aliphatic imine (C=N–C) groups is 1. The molecule has 0 saturated carbocycles. The Labute approximate surface area is 157 Å². The SMILES string of the molecule is CCNC(=NCC(C)c1ccc(C)cc1)NC1CCN(CC(N)=O)CC1. The first-order valence-electron chi connectivity index (χ1n) is 9.60. The van der Waals surface area contributed by atoms with Crippen LogP contribution in [0, 0.1) is 6.92 Å². The number of piperidine rings is 1. The van der Waals surface area contributed by atoms with Gasteiger partial charge in [0.05, 0.1) is 6.54 Å². The molecule has 0 bridgehead atoms. The van der Waals surface area contributed by atoms with Gasteiger partial charge in [0.15, 0.2) is 5.96 Å². The van der Waals surface area contributed by atoms with Crippen molar-refractivity contribution in [3.8, 4) is 0 Å². The molecule has 1 aliphatic rings. The van der Waals surface area contributed by atoms with Crippen LogP contribution < -0.4 is 16.4 Å². The Kier molecular flexibility index (Phi) is 7.91. The number of nitrogens with two attached hydrogens (primary N) is 1. The van der Waals surface area contributed by atoms with Gasteiger partial charge in [0.25, 0.3) is 0 Å². The molecular weight excluding hydrogens is 326 g/mol. The number of hydrogen-bond acceptors (Lipinski definition) is 3. The molecule has 6 nitrogen and oxygen atoms in total. The Balaban J connectivity index is 1.86. The Bertz CT molecular complexity index is 591. The van der Waals surface area contributed by atoms with Crippen LogP contribution in [-0.2, 0) is 4.79 Å². The standard InChI is InChI=1S/C20H33N5O/c1-4-22-20(23-13-16(3)17-7-5-15(2)6-8-17)24-18-9-11-25(12-10-18)14-19(21)26/h5-8,16,18H,4,9-14H2,1-3H3,(H2,21,26)(H2,22,23,24). The number of aryl methyl sites for hydroxylation is 1. The monoisotopic (exact) mass is 359 g/mol. The minimum Gasteiger partial charge on any atom is -0.369 e. The van der Waals surface area contributed by atoms with Gasteiger partial charge < -0.3 is 16.4 Å². The molecule has 4 N–H and O–H groups in total. The van der Waals surface area contributed by atoms with Crippen LogP contribution in [-0.4, -0.2) is 55.5 Å². The first-order chi connectivity index (χ1) is 12.5. The van der Waals surface area contributed by atoms with Crippen LogP contribution in [0.3, 0.4) is 0 Å². The number of guanidine groups is 1. The zero-order chi connectivity index (χ0) is 18.9. The van der Waals surface area contributed by atoms with E-state index in [9.17, 15) is 4.79 Å². The molecular formula is C20H33N5O. The van der Waals surface area contributed by atoms with Crippen LogP contribution in [0.25, 0.3) is 0 Å². The fourth-order valence-electron chi connectivity index (χ4n) is 3.20. The van der Waals surface area contributed by atoms with Crippen molar-refractivity contribution < 1.29 is 4.79 Å². The van der Waals surface area contributed by atoms with E-state index in [2.05, 4.69) is 60.6 Å². The number of rotatable bonds is 7. The normalized spacial score (nSPS) is 17.7. The summed E-state index contributed by atoms with van der Waals surface area (Å²) >= 11 is 0. The molecule has 6 heteroatoms. The van der Waals surface area contributed by atoms with E-state index >= 15 is 0 Å². The fraction of sp³-hybridized carbons (Fsp3) is 0.600. The summed E-state index contributed by atoms with van der Waals surface area (Å²) in [5.74, 6) is 1.000. The molecule has 2 rings (SSSR count). The number of likely N-dealkylation sites (tertiary alicyclic amines) is 1. The minimum absolute atomic E-state index is 0.253. The van der Waals surface area contributed by atoms with E-state index in [-0.39, 0.29) is 5.91 Å². The van der Waals surface area contributed by atoms with E-state index in [1.54, 1.807) is 0 Å². The number of nitrogens with one attached hydrogen (secondary N) is 2. The van der Waals surface area contributed by atoms with Crippen LogP contribution in [0.4, 0.5) is 0 Å². The molecule has 0 aliphatic carbocycles. The predicted molar refractivity (Wildman–Crippen MR) is 107 cm³/mol. The molecule has 1 aromatic carbocycles. The number of amides is 1. The van der Waals surface area contributed by atoms with Gasteiger partial charge in [0.2, 0.25) is 5.91 Å². The average Bonchev–Trinajstić information content (AvgIpc) is 2.61. The van der Waals surface area contributed by atoms with Crippen molar-refractivity contribution >= 4 is 11.9 Å². The Morgan fingerprint density at radius 1 is 1.31 bits per heavy atom. The smallest absolute Gasteiger partial charge is 0.231 e. The summed E-state index contributed by atoms with van der Waals surface area (Å²) in [7, 11) is 0. The number of benzene rings is 1. The highest BCUT2D eigenvalue weighted by atomic mass is 16.1. The molecule has 1 atom stereocenters. The molecule has 1 unspecified atom stereocenters. The lowest BCUT2D eigenvalue weighted by Gasteiger charge is -2.32. The van der Waals surface area contributed by atoms with Gasteiger partial charge in [-0.3, -0.25) is 14.7 Å². The van der Waals surface area contributed by atoms with E-state index in [0.717, 1.165) is 45.0 Å². The summed E-state index contributed by atoms with van der Waals surface area (Å²) in [5, 5.41) is 6.88. The average molecular weight is 360 g/mol. The maximum absolute atomic E-state index is 11.0. The van der Waals surface area contributed by atoms with E-state index < -0.39 is 0 Å². The maximum atomic E-state index is 11.0. The topological polar surface area (TPSA) is 82.8 Å². The van der Waals surface area contributed by atoms with Gasteiger partial charge in [0, 0.05) is 38.1 Å². The van der Waals surface area contributed by atoms with Crippen molar-refractivity contribution in [2.24, 2.45) is 10.7 Å². The molecule has 0 spiro atoms. The van der Waals surface area contributed by atoms with Gasteiger partial charge in [-0.2, -0.15) is 0 Å². The first-order valence-corrected chi connectivity index (χ1v) is 9.60. The largest absolute Gasteiger partial charge is 0.369 e.